The summed E-state index contributed by atoms with van der Waals surface area (Å²) >= 11 is 1.66. The van der Waals surface area contributed by atoms with Crippen LogP contribution < -0.4 is 20.6 Å². The minimum Gasteiger partial charge on any atom is -0.550 e. The summed E-state index contributed by atoms with van der Waals surface area (Å²) in [5.74, 6) is -0.124. The van der Waals surface area contributed by atoms with Crippen LogP contribution in [0, 0.1) is 5.41 Å². The molecule has 0 unspecified atom stereocenters. The van der Waals surface area contributed by atoms with Crippen molar-refractivity contribution in [1.29, 1.82) is 0 Å². The van der Waals surface area contributed by atoms with Crippen molar-refractivity contribution in [3.63, 3.8) is 0 Å². The predicted molar refractivity (Wildman–Crippen MR) is 100 cm³/mol. The van der Waals surface area contributed by atoms with E-state index in [1.54, 1.807) is 18.1 Å². The Morgan fingerprint density at radius 3 is 2.88 bits per heavy atom. The average Bonchev–Trinajstić information content (AvgIpc) is 2.55. The summed E-state index contributed by atoms with van der Waals surface area (Å²) in [6, 6.07) is 0. The van der Waals surface area contributed by atoms with Gasteiger partial charge in [-0.15, -0.1) is 0 Å². The molecule has 1 aliphatic carbocycles. The van der Waals surface area contributed by atoms with Gasteiger partial charge >= 0.3 is 0 Å². The normalized spacial score (nSPS) is 17.8. The van der Waals surface area contributed by atoms with E-state index in [2.05, 4.69) is 40.5 Å². The van der Waals surface area contributed by atoms with Gasteiger partial charge in [0.2, 0.25) is 0 Å². The second-order valence-corrected chi connectivity index (χ2v) is 8.54. The number of aliphatic carboxylic acids is 1. The van der Waals surface area contributed by atoms with Crippen molar-refractivity contribution in [3.8, 4) is 0 Å². The number of carboxylic acid groups (broad SMARTS) is 1. The minimum absolute atomic E-state index is 0.0258. The molecule has 0 aromatic carbocycles. The van der Waals surface area contributed by atoms with E-state index in [1.807, 2.05) is 19.0 Å². The number of fused-ring (bicyclic) bond motifs is 2. The Bertz CT molecular complexity index is 786. The topological polar surface area (TPSA) is 97.8 Å². The van der Waals surface area contributed by atoms with E-state index in [0.717, 1.165) is 35.2 Å². The van der Waals surface area contributed by atoms with Crippen LogP contribution in [0.1, 0.15) is 33.1 Å². The molecule has 0 amide bonds. The molecule has 0 spiro atoms. The van der Waals surface area contributed by atoms with Gasteiger partial charge in [-0.2, -0.15) is 0 Å². The molecular formula is C18H25N5O2S. The van der Waals surface area contributed by atoms with Crippen molar-refractivity contribution in [2.75, 3.05) is 30.9 Å². The van der Waals surface area contributed by atoms with Crippen LogP contribution in [0.25, 0.3) is 0 Å². The van der Waals surface area contributed by atoms with E-state index in [-0.39, 0.29) is 11.8 Å². The molecule has 0 fully saturated rings. The third-order valence-electron chi connectivity index (χ3n) is 4.37. The van der Waals surface area contributed by atoms with Gasteiger partial charge in [0.25, 0.3) is 0 Å². The standard InChI is InChI=1S/C18H25N5O2S/c1-18(2)8-11(19-7-5-6-13(24)25)15-12(9-18)22-14-16(23(3)4)20-10-21-17(14)26-15/h9-10,19,22H,5-8H2,1-4H3,(H,24,25). The molecule has 0 bridgehead atoms. The maximum Gasteiger partial charge on any atom is 0.156 e. The van der Waals surface area contributed by atoms with Crippen LogP contribution in [0.5, 0.6) is 0 Å². The number of allylic oxidation sites excluding steroid dienone is 2. The van der Waals surface area contributed by atoms with Crippen molar-refractivity contribution >= 4 is 29.2 Å². The van der Waals surface area contributed by atoms with Crippen LogP contribution in [-0.4, -0.2) is 36.6 Å². The molecule has 2 aliphatic rings. The lowest BCUT2D eigenvalue weighted by Crippen LogP contribution is -2.83. The van der Waals surface area contributed by atoms with Crippen molar-refractivity contribution in [2.45, 2.75) is 38.1 Å². The summed E-state index contributed by atoms with van der Waals surface area (Å²) in [7, 11) is 3.94. The molecule has 26 heavy (non-hydrogen) atoms. The lowest BCUT2D eigenvalue weighted by Gasteiger charge is -2.33. The molecule has 2 heterocycles. The quantitative estimate of drug-likeness (QED) is 0.557. The molecule has 3 N–H and O–H groups in total. The highest BCUT2D eigenvalue weighted by molar-refractivity contribution is 8.03. The Balaban J connectivity index is 1.90. The Morgan fingerprint density at radius 1 is 1.42 bits per heavy atom. The summed E-state index contributed by atoms with van der Waals surface area (Å²) in [6.07, 6.45) is 5.48. The van der Waals surface area contributed by atoms with E-state index in [4.69, 9.17) is 0 Å². The maximum atomic E-state index is 10.6. The second kappa shape index (κ2) is 7.28. The highest BCUT2D eigenvalue weighted by Gasteiger charge is 2.35. The summed E-state index contributed by atoms with van der Waals surface area (Å²) in [4.78, 5) is 22.6. The Kier molecular flexibility index (Phi) is 5.24. The first-order chi connectivity index (χ1) is 12.3. The zero-order valence-electron chi connectivity index (χ0n) is 15.6. The average molecular weight is 375 g/mol. The molecule has 140 valence electrons. The SMILES string of the molecule is CN(C)c1ncnc2c1NC1=CC(C)(C)CC([NH2+]CCCC(=O)[O-])=C1S2. The number of nitrogens with one attached hydrogen (secondary N) is 1. The number of carboxylic acids is 1. The number of quaternary nitrogens is 1. The van der Waals surface area contributed by atoms with Crippen molar-refractivity contribution < 1.29 is 15.2 Å². The van der Waals surface area contributed by atoms with Crippen LogP contribution in [0.4, 0.5) is 11.5 Å². The molecule has 3 rings (SSSR count). The number of carbonyl (C=O) groups excluding carboxylic acids is 1. The number of nitrogens with two attached hydrogens (primary N) is 1. The number of rotatable bonds is 6. The van der Waals surface area contributed by atoms with Crippen molar-refractivity contribution in [1.82, 2.24) is 9.97 Å². The van der Waals surface area contributed by atoms with Crippen LogP contribution >= 0.6 is 11.8 Å². The number of nitrogens with zero attached hydrogens (tertiary/aromatic N) is 3. The highest BCUT2D eigenvalue weighted by Crippen LogP contribution is 2.48. The summed E-state index contributed by atoms with van der Waals surface area (Å²) in [5.41, 5.74) is 3.30. The zero-order chi connectivity index (χ0) is 18.9. The van der Waals surface area contributed by atoms with Crippen LogP contribution in [0.3, 0.4) is 0 Å². The molecular weight excluding hydrogens is 350 g/mol. The minimum atomic E-state index is -0.990. The summed E-state index contributed by atoms with van der Waals surface area (Å²) in [5, 5.41) is 17.2. The zero-order valence-corrected chi connectivity index (χ0v) is 16.4. The molecule has 1 aromatic heterocycles. The summed E-state index contributed by atoms with van der Waals surface area (Å²) in [6.45, 7) is 5.15. The largest absolute Gasteiger partial charge is 0.550 e. The molecule has 0 radical (unpaired) electrons. The first kappa shape index (κ1) is 18.7. The van der Waals surface area contributed by atoms with Gasteiger partial charge in [0.1, 0.15) is 22.7 Å². The van der Waals surface area contributed by atoms with E-state index >= 15 is 0 Å². The van der Waals surface area contributed by atoms with Gasteiger partial charge in [-0.1, -0.05) is 31.7 Å². The number of hydrogen-bond acceptors (Lipinski definition) is 7. The van der Waals surface area contributed by atoms with E-state index in [1.165, 1.54) is 10.6 Å². The first-order valence-corrected chi connectivity index (χ1v) is 9.55. The van der Waals surface area contributed by atoms with Gasteiger partial charge in [0.05, 0.1) is 17.1 Å². The van der Waals surface area contributed by atoms with Crippen molar-refractivity contribution in [3.05, 3.63) is 28.7 Å². The molecule has 0 saturated heterocycles. The maximum absolute atomic E-state index is 10.6. The smallest absolute Gasteiger partial charge is 0.156 e. The number of anilines is 2. The van der Waals surface area contributed by atoms with E-state index in [9.17, 15) is 9.90 Å². The first-order valence-electron chi connectivity index (χ1n) is 8.73. The fraction of sp³-hybridized carbons (Fsp3) is 0.500. The van der Waals surface area contributed by atoms with Gasteiger partial charge in [0.15, 0.2) is 5.82 Å². The van der Waals surface area contributed by atoms with Gasteiger partial charge in [-0.25, -0.2) is 9.97 Å². The lowest BCUT2D eigenvalue weighted by atomic mass is 9.83. The van der Waals surface area contributed by atoms with Crippen LogP contribution in [0.15, 0.2) is 33.7 Å². The monoisotopic (exact) mass is 375 g/mol. The predicted octanol–water partition coefficient (Wildman–Crippen LogP) is 0.679. The van der Waals surface area contributed by atoms with Gasteiger partial charge in [-0.3, -0.25) is 0 Å². The molecule has 8 heteroatoms. The molecule has 1 aliphatic heterocycles. The van der Waals surface area contributed by atoms with E-state index in [0.29, 0.717) is 6.42 Å². The number of carbonyl (C=O) groups is 1. The van der Waals surface area contributed by atoms with Gasteiger partial charge in [0, 0.05) is 32.9 Å². The molecule has 7 nitrogen and oxygen atoms in total. The lowest BCUT2D eigenvalue weighted by molar-refractivity contribution is -0.610. The second-order valence-electron chi connectivity index (χ2n) is 7.55. The summed E-state index contributed by atoms with van der Waals surface area (Å²) < 4.78 is 0. The Hall–Kier alpha value is -2.06. The number of aromatic nitrogens is 2. The molecule has 0 saturated carbocycles. The fourth-order valence-corrected chi connectivity index (χ4v) is 4.31. The fourth-order valence-electron chi connectivity index (χ4n) is 3.27. The van der Waals surface area contributed by atoms with Crippen LogP contribution in [0.2, 0.25) is 0 Å². The third kappa shape index (κ3) is 4.02. The number of thioether (sulfide) groups is 1. The van der Waals surface area contributed by atoms with E-state index < -0.39 is 5.97 Å². The molecule has 1 aromatic rings. The Morgan fingerprint density at radius 2 is 2.19 bits per heavy atom. The third-order valence-corrected chi connectivity index (χ3v) is 5.56. The number of hydrogen-bond donors (Lipinski definition) is 2. The van der Waals surface area contributed by atoms with Crippen LogP contribution in [-0.2, 0) is 4.79 Å². The van der Waals surface area contributed by atoms with Gasteiger partial charge < -0.3 is 25.4 Å². The molecule has 0 atom stereocenters. The van der Waals surface area contributed by atoms with Crippen molar-refractivity contribution in [2.24, 2.45) is 5.41 Å². The van der Waals surface area contributed by atoms with Gasteiger partial charge in [-0.05, 0) is 11.8 Å². The Labute approximate surface area is 158 Å². The highest BCUT2D eigenvalue weighted by atomic mass is 32.2.